The third-order valence-electron chi connectivity index (χ3n) is 3.52. The van der Waals surface area contributed by atoms with Crippen molar-refractivity contribution in [3.05, 3.63) is 0 Å². The van der Waals surface area contributed by atoms with Crippen molar-refractivity contribution in [2.24, 2.45) is 11.3 Å². The summed E-state index contributed by atoms with van der Waals surface area (Å²) in [5.74, 6) is 0.884. The van der Waals surface area contributed by atoms with E-state index in [1.165, 1.54) is 38.5 Å². The molecule has 0 heterocycles. The van der Waals surface area contributed by atoms with Crippen molar-refractivity contribution in [1.82, 2.24) is 0 Å². The quantitative estimate of drug-likeness (QED) is 0.487. The molecule has 0 saturated heterocycles. The van der Waals surface area contributed by atoms with E-state index < -0.39 is 0 Å². The van der Waals surface area contributed by atoms with Crippen molar-refractivity contribution < 1.29 is 0 Å². The van der Waals surface area contributed by atoms with Gasteiger partial charge in [-0.15, -0.1) is 0 Å². The minimum absolute atomic E-state index is 0.622. The van der Waals surface area contributed by atoms with Gasteiger partial charge in [-0.1, -0.05) is 66.7 Å². The van der Waals surface area contributed by atoms with Gasteiger partial charge in [0, 0.05) is 0 Å². The van der Waals surface area contributed by atoms with Crippen LogP contribution in [-0.2, 0) is 0 Å². The monoisotopic (exact) mass is 184 g/mol. The smallest absolute Gasteiger partial charge is 0.0331 e. The van der Waals surface area contributed by atoms with Crippen LogP contribution in [0.1, 0.15) is 73.1 Å². The van der Waals surface area contributed by atoms with E-state index in [0.29, 0.717) is 5.41 Å². The molecule has 0 heteroatoms. The molecule has 0 fully saturated rings. The second kappa shape index (κ2) is 6.45. The first-order chi connectivity index (χ1) is 6.04. The first kappa shape index (κ1) is 13.0. The van der Waals surface area contributed by atoms with E-state index in [0.717, 1.165) is 5.92 Å². The minimum atomic E-state index is 0.622. The van der Waals surface area contributed by atoms with Gasteiger partial charge in [-0.3, -0.25) is 0 Å². The van der Waals surface area contributed by atoms with Crippen molar-refractivity contribution in [2.75, 3.05) is 0 Å². The molecular formula is C13H28. The van der Waals surface area contributed by atoms with E-state index in [4.69, 9.17) is 0 Å². The molecule has 80 valence electrons. The van der Waals surface area contributed by atoms with Gasteiger partial charge < -0.3 is 0 Å². The largest absolute Gasteiger partial charge is 0.0649 e. The molecule has 0 aromatic rings. The second-order valence-electron chi connectivity index (χ2n) is 5.16. The number of rotatable bonds is 7. The summed E-state index contributed by atoms with van der Waals surface area (Å²) in [7, 11) is 0. The highest BCUT2D eigenvalue weighted by molar-refractivity contribution is 4.70. The molecule has 0 amide bonds. The fourth-order valence-electron chi connectivity index (χ4n) is 1.71. The predicted molar refractivity (Wildman–Crippen MR) is 62.0 cm³/mol. The highest BCUT2D eigenvalue weighted by atomic mass is 14.2. The van der Waals surface area contributed by atoms with E-state index >= 15 is 0 Å². The second-order valence-corrected chi connectivity index (χ2v) is 5.16. The fourth-order valence-corrected chi connectivity index (χ4v) is 1.71. The minimum Gasteiger partial charge on any atom is -0.0649 e. The molecule has 0 aliphatic heterocycles. The summed E-state index contributed by atoms with van der Waals surface area (Å²) in [4.78, 5) is 0. The molecule has 13 heavy (non-hydrogen) atoms. The summed E-state index contributed by atoms with van der Waals surface area (Å²) in [5, 5.41) is 0. The number of hydrogen-bond acceptors (Lipinski definition) is 0. The molecule has 0 bridgehead atoms. The third kappa shape index (κ3) is 6.12. The van der Waals surface area contributed by atoms with E-state index in [9.17, 15) is 0 Å². The number of hydrogen-bond donors (Lipinski definition) is 0. The topological polar surface area (TPSA) is 0 Å². The Hall–Kier alpha value is 0. The van der Waals surface area contributed by atoms with Crippen LogP contribution in [0.3, 0.4) is 0 Å². The highest BCUT2D eigenvalue weighted by Crippen LogP contribution is 2.31. The normalized spacial score (nSPS) is 12.5. The van der Waals surface area contributed by atoms with Gasteiger partial charge in [-0.05, 0) is 17.8 Å². The number of unbranched alkanes of at least 4 members (excludes halogenated alkanes) is 1. The van der Waals surface area contributed by atoms with Crippen LogP contribution in [0.2, 0.25) is 0 Å². The summed E-state index contributed by atoms with van der Waals surface area (Å²) in [6.07, 6.45) is 8.36. The van der Waals surface area contributed by atoms with Crippen LogP contribution in [0.4, 0.5) is 0 Å². The predicted octanol–water partition coefficient (Wildman–Crippen LogP) is 5.03. The molecule has 0 saturated carbocycles. The van der Waals surface area contributed by atoms with Crippen molar-refractivity contribution in [3.63, 3.8) is 0 Å². The Bertz CT molecular complexity index is 109. The lowest BCUT2D eigenvalue weighted by molar-refractivity contribution is 0.260. The molecule has 0 aliphatic rings. The molecule has 0 nitrogen and oxygen atoms in total. The average molecular weight is 184 g/mol. The zero-order valence-corrected chi connectivity index (χ0v) is 10.3. The van der Waals surface area contributed by atoms with Crippen LogP contribution in [0.15, 0.2) is 0 Å². The van der Waals surface area contributed by atoms with Crippen molar-refractivity contribution in [3.8, 4) is 0 Å². The van der Waals surface area contributed by atoms with Crippen molar-refractivity contribution >= 4 is 0 Å². The van der Waals surface area contributed by atoms with Crippen LogP contribution in [-0.4, -0.2) is 0 Å². The van der Waals surface area contributed by atoms with Gasteiger partial charge in [0.05, 0.1) is 0 Å². The van der Waals surface area contributed by atoms with Gasteiger partial charge in [0.15, 0.2) is 0 Å². The van der Waals surface area contributed by atoms with Crippen LogP contribution < -0.4 is 0 Å². The van der Waals surface area contributed by atoms with Gasteiger partial charge >= 0.3 is 0 Å². The summed E-state index contributed by atoms with van der Waals surface area (Å²) in [5.41, 5.74) is 0.622. The maximum atomic E-state index is 2.43. The first-order valence-electron chi connectivity index (χ1n) is 6.04. The standard InChI is InChI=1S/C13H28/c1-6-13(5,7-2)11-9-8-10-12(3)4/h12H,6-11H2,1-5H3. The maximum absolute atomic E-state index is 2.43. The van der Waals surface area contributed by atoms with E-state index in [2.05, 4.69) is 34.6 Å². The van der Waals surface area contributed by atoms with Gasteiger partial charge in [-0.25, -0.2) is 0 Å². The Morgan fingerprint density at radius 3 is 1.92 bits per heavy atom. The maximum Gasteiger partial charge on any atom is -0.0331 e. The van der Waals surface area contributed by atoms with Crippen LogP contribution in [0, 0.1) is 11.3 Å². The Kier molecular flexibility index (Phi) is 6.45. The van der Waals surface area contributed by atoms with Crippen LogP contribution >= 0.6 is 0 Å². The van der Waals surface area contributed by atoms with E-state index in [1.54, 1.807) is 0 Å². The Balaban J connectivity index is 3.50. The molecular weight excluding hydrogens is 156 g/mol. The molecule has 0 unspecified atom stereocenters. The molecule has 0 aromatic carbocycles. The highest BCUT2D eigenvalue weighted by Gasteiger charge is 2.18. The van der Waals surface area contributed by atoms with E-state index in [-0.39, 0.29) is 0 Å². The van der Waals surface area contributed by atoms with Crippen molar-refractivity contribution in [2.45, 2.75) is 73.1 Å². The average Bonchev–Trinajstić information content (AvgIpc) is 2.12. The Labute approximate surface area is 85.1 Å². The van der Waals surface area contributed by atoms with Gasteiger partial charge in [0.25, 0.3) is 0 Å². The molecule has 0 rings (SSSR count). The van der Waals surface area contributed by atoms with Crippen LogP contribution in [0.5, 0.6) is 0 Å². The van der Waals surface area contributed by atoms with Crippen LogP contribution in [0.25, 0.3) is 0 Å². The lowest BCUT2D eigenvalue weighted by Crippen LogP contribution is -2.13. The molecule has 0 N–H and O–H groups in total. The zero-order valence-electron chi connectivity index (χ0n) is 10.3. The summed E-state index contributed by atoms with van der Waals surface area (Å²) in [6, 6.07) is 0. The third-order valence-corrected chi connectivity index (χ3v) is 3.52. The summed E-state index contributed by atoms with van der Waals surface area (Å²) < 4.78 is 0. The lowest BCUT2D eigenvalue weighted by Gasteiger charge is -2.26. The van der Waals surface area contributed by atoms with Crippen molar-refractivity contribution in [1.29, 1.82) is 0 Å². The Morgan fingerprint density at radius 1 is 1.00 bits per heavy atom. The molecule has 0 aliphatic carbocycles. The fraction of sp³-hybridized carbons (Fsp3) is 1.00. The van der Waals surface area contributed by atoms with Gasteiger partial charge in [0.2, 0.25) is 0 Å². The van der Waals surface area contributed by atoms with Gasteiger partial charge in [-0.2, -0.15) is 0 Å². The zero-order chi connectivity index (χ0) is 10.3. The Morgan fingerprint density at radius 2 is 1.54 bits per heavy atom. The molecule has 0 spiro atoms. The van der Waals surface area contributed by atoms with E-state index in [1.807, 2.05) is 0 Å². The molecule has 0 radical (unpaired) electrons. The first-order valence-corrected chi connectivity index (χ1v) is 6.04. The molecule has 0 atom stereocenters. The summed E-state index contributed by atoms with van der Waals surface area (Å²) >= 11 is 0. The van der Waals surface area contributed by atoms with Gasteiger partial charge in [0.1, 0.15) is 0 Å². The SMILES string of the molecule is CCC(C)(CC)CCCCC(C)C. The summed E-state index contributed by atoms with van der Waals surface area (Å²) in [6.45, 7) is 11.7. The lowest BCUT2D eigenvalue weighted by atomic mass is 9.80. The molecule has 0 aromatic heterocycles.